The summed E-state index contributed by atoms with van der Waals surface area (Å²) in [6.07, 6.45) is -0.774. The first-order chi connectivity index (χ1) is 32.1. The summed E-state index contributed by atoms with van der Waals surface area (Å²) in [6.45, 7) is 7.93. The summed E-state index contributed by atoms with van der Waals surface area (Å²) >= 11 is 0. The first-order valence-electron chi connectivity index (χ1n) is 21.5. The molecule has 6 aromatic rings. The van der Waals surface area contributed by atoms with E-state index in [0.717, 1.165) is 16.7 Å². The molecule has 1 unspecified atom stereocenters. The maximum atomic E-state index is 13.3. The van der Waals surface area contributed by atoms with Crippen molar-refractivity contribution in [2.24, 2.45) is 0 Å². The van der Waals surface area contributed by atoms with Crippen LogP contribution in [0, 0.1) is 22.7 Å². The molecule has 5 atom stereocenters. The lowest BCUT2D eigenvalue weighted by Crippen LogP contribution is -2.43. The Labute approximate surface area is 385 Å². The number of imidazole rings is 1. The van der Waals surface area contributed by atoms with Crippen molar-refractivity contribution in [1.29, 1.82) is 10.5 Å². The minimum Gasteiger partial charge on any atom is -0.497 e. The first-order valence-corrected chi connectivity index (χ1v) is 22.7. The lowest BCUT2D eigenvalue weighted by molar-refractivity contribution is -0.0944. The van der Waals surface area contributed by atoms with E-state index >= 15 is 0 Å². The van der Waals surface area contributed by atoms with E-state index in [9.17, 15) is 15.3 Å². The van der Waals surface area contributed by atoms with Gasteiger partial charge in [-0.1, -0.05) is 72.8 Å². The lowest BCUT2D eigenvalue weighted by Gasteiger charge is -2.39. The number of nitrogens with one attached hydrogen (secondary N) is 1. The Hall–Kier alpha value is -6.33. The van der Waals surface area contributed by atoms with Crippen LogP contribution in [0.15, 0.2) is 122 Å². The number of hydrogen-bond acceptors (Lipinski definition) is 14. The number of fused-ring (bicyclic) bond motifs is 1. The molecule has 0 spiro atoms. The highest BCUT2D eigenvalue weighted by atomic mass is 31.2. The van der Waals surface area contributed by atoms with Gasteiger partial charge < -0.3 is 38.0 Å². The molecule has 1 aliphatic heterocycles. The third-order valence-electron chi connectivity index (χ3n) is 11.0. The van der Waals surface area contributed by atoms with Crippen LogP contribution in [0.5, 0.6) is 11.5 Å². The number of rotatable bonds is 21. The number of hydrogen-bond donors (Lipinski definition) is 1. The predicted molar refractivity (Wildman–Crippen MR) is 247 cm³/mol. The zero-order valence-electron chi connectivity index (χ0n) is 37.7. The summed E-state index contributed by atoms with van der Waals surface area (Å²) in [7, 11) is 1.37. The van der Waals surface area contributed by atoms with Crippen LogP contribution in [-0.2, 0) is 28.9 Å². The number of methoxy groups -OCH3 is 2. The number of carbonyl (C=O) groups is 1. The maximum Gasteiger partial charge on any atom is 0.259 e. The molecule has 1 fully saturated rings. The highest BCUT2D eigenvalue weighted by Crippen LogP contribution is 2.51. The van der Waals surface area contributed by atoms with E-state index in [2.05, 4.69) is 37.1 Å². The van der Waals surface area contributed by atoms with Crippen LogP contribution in [0.2, 0.25) is 0 Å². The summed E-state index contributed by atoms with van der Waals surface area (Å²) in [4.78, 5) is 26.9. The molecule has 0 aliphatic carbocycles. The van der Waals surface area contributed by atoms with Gasteiger partial charge in [-0.3, -0.25) is 9.36 Å². The number of nitrogens with zero attached hydrogens (tertiary/aromatic N) is 7. The molecule has 3 heterocycles. The zero-order valence-corrected chi connectivity index (χ0v) is 38.6. The molecule has 342 valence electrons. The highest BCUT2D eigenvalue weighted by Gasteiger charge is 2.52. The van der Waals surface area contributed by atoms with Gasteiger partial charge in [0.05, 0.1) is 52.3 Å². The molecule has 2 aromatic heterocycles. The molecular formula is C49H53N8O8P. The molecule has 4 aromatic carbocycles. The number of amides is 1. The Kier molecular flexibility index (Phi) is 16.0. The molecule has 1 amide bonds. The largest absolute Gasteiger partial charge is 0.497 e. The molecule has 7 rings (SSSR count). The minimum absolute atomic E-state index is 0.0285. The van der Waals surface area contributed by atoms with Crippen LogP contribution in [0.1, 0.15) is 67.4 Å². The Morgan fingerprint density at radius 1 is 0.818 bits per heavy atom. The van der Waals surface area contributed by atoms with Gasteiger partial charge in [-0.25, -0.2) is 19.6 Å². The topological polar surface area (TPSA) is 188 Å². The van der Waals surface area contributed by atoms with Gasteiger partial charge >= 0.3 is 0 Å². The quantitative estimate of drug-likeness (QED) is 0.0411. The van der Waals surface area contributed by atoms with Gasteiger partial charge in [-0.05, 0) is 80.8 Å². The third kappa shape index (κ3) is 10.4. The maximum absolute atomic E-state index is 13.3. The molecule has 0 saturated carbocycles. The van der Waals surface area contributed by atoms with Crippen LogP contribution >= 0.6 is 8.53 Å². The number of nitriles is 2. The van der Waals surface area contributed by atoms with Gasteiger partial charge in [0.2, 0.25) is 0 Å². The number of aromatic nitrogens is 4. The number of benzene rings is 4. The summed E-state index contributed by atoms with van der Waals surface area (Å²) in [5, 5.41) is 22.4. The number of anilines is 1. The first kappa shape index (κ1) is 47.6. The van der Waals surface area contributed by atoms with Gasteiger partial charge in [0.1, 0.15) is 48.3 Å². The van der Waals surface area contributed by atoms with E-state index in [1.807, 2.05) is 113 Å². The molecule has 16 nitrogen and oxygen atoms in total. The standard InChI is InChI=1S/C49H53N8O8P/c1-33(2)57(34(3)4)66(63-28-13-26-50)65-43-41(30-62-49(36-16-11-8-12-17-36,37-18-22-39(59-5)23-19-37)38-20-24-40(60-6)25-21-38)64-48(44(43)61-29-27-51)56-32-54-42-45(52-31-53-46(42)56)55-47(58)35-14-9-7-10-15-35/h7-12,14-25,31-34,41,43-44,48H,13,28-30H2,1-6H3,(H,52,53,55,58)/t41-,43-,44-,48-,66?/m1/s1. The van der Waals surface area contributed by atoms with Crippen molar-refractivity contribution < 1.29 is 37.5 Å². The van der Waals surface area contributed by atoms with Crippen LogP contribution < -0.4 is 14.8 Å². The van der Waals surface area contributed by atoms with Crippen LogP contribution in [0.25, 0.3) is 11.2 Å². The van der Waals surface area contributed by atoms with Crippen LogP contribution in [0.4, 0.5) is 5.82 Å². The normalized spacial score (nSPS) is 17.7. The van der Waals surface area contributed by atoms with Gasteiger partial charge in [-0.2, -0.15) is 10.5 Å². The van der Waals surface area contributed by atoms with Crippen molar-refractivity contribution in [2.75, 3.05) is 39.4 Å². The van der Waals surface area contributed by atoms with Gasteiger partial charge in [0, 0.05) is 17.6 Å². The third-order valence-corrected chi connectivity index (χ3v) is 13.2. The van der Waals surface area contributed by atoms with E-state index < -0.39 is 38.7 Å². The van der Waals surface area contributed by atoms with Gasteiger partial charge in [0.15, 0.2) is 23.2 Å². The van der Waals surface area contributed by atoms with Gasteiger partial charge in [0.25, 0.3) is 14.4 Å². The Morgan fingerprint density at radius 2 is 1.42 bits per heavy atom. The van der Waals surface area contributed by atoms with Crippen molar-refractivity contribution in [3.05, 3.63) is 144 Å². The van der Waals surface area contributed by atoms with E-state index in [0.29, 0.717) is 28.2 Å². The molecule has 1 N–H and O–H groups in total. The van der Waals surface area contributed by atoms with Crippen molar-refractivity contribution in [3.8, 4) is 23.6 Å². The van der Waals surface area contributed by atoms with Crippen molar-refractivity contribution >= 4 is 31.4 Å². The van der Waals surface area contributed by atoms with Crippen molar-refractivity contribution in [3.63, 3.8) is 0 Å². The zero-order chi connectivity index (χ0) is 46.6. The molecule has 0 radical (unpaired) electrons. The van der Waals surface area contributed by atoms with Crippen molar-refractivity contribution in [1.82, 2.24) is 24.2 Å². The predicted octanol–water partition coefficient (Wildman–Crippen LogP) is 8.57. The average molecular weight is 913 g/mol. The summed E-state index contributed by atoms with van der Waals surface area (Å²) in [5.74, 6) is 1.17. The van der Waals surface area contributed by atoms with Crippen LogP contribution in [-0.4, -0.2) is 94.5 Å². The second-order valence-corrected chi connectivity index (χ2v) is 17.2. The number of carbonyl (C=O) groups excluding carboxylic acids is 1. The van der Waals surface area contributed by atoms with E-state index in [1.54, 1.807) is 43.1 Å². The van der Waals surface area contributed by atoms with E-state index in [1.165, 1.54) is 12.7 Å². The summed E-state index contributed by atoms with van der Waals surface area (Å²) < 4.78 is 49.4. The van der Waals surface area contributed by atoms with E-state index in [-0.39, 0.29) is 50.1 Å². The molecule has 1 saturated heterocycles. The van der Waals surface area contributed by atoms with Gasteiger partial charge in [-0.15, -0.1) is 0 Å². The fraction of sp³-hybridized carbons (Fsp3) is 0.347. The lowest BCUT2D eigenvalue weighted by atomic mass is 9.80. The van der Waals surface area contributed by atoms with E-state index in [4.69, 9.17) is 32.7 Å². The highest BCUT2D eigenvalue weighted by molar-refractivity contribution is 7.44. The monoisotopic (exact) mass is 912 g/mol. The molecule has 17 heteroatoms. The Balaban J connectivity index is 1.35. The smallest absolute Gasteiger partial charge is 0.259 e. The molecular weight excluding hydrogens is 860 g/mol. The molecule has 1 aliphatic rings. The number of ether oxygens (including phenoxy) is 5. The average Bonchev–Trinajstić information content (AvgIpc) is 3.93. The fourth-order valence-corrected chi connectivity index (χ4v) is 9.85. The fourth-order valence-electron chi connectivity index (χ4n) is 8.08. The second kappa shape index (κ2) is 22.2. The van der Waals surface area contributed by atoms with Crippen molar-refractivity contribution in [2.45, 2.75) is 76.3 Å². The Morgan fingerprint density at radius 3 is 2.00 bits per heavy atom. The SMILES string of the molecule is COc1ccc(C(OC[C@H]2O[C@@H](n3cnc4c(NC(=O)c5ccccc5)ncnc43)[C@H](OCC#N)[C@@H]2OP(OCCC#N)N(C(C)C)C(C)C)(c2ccccc2)c2ccc(OC)cc2)cc1. The summed E-state index contributed by atoms with van der Waals surface area (Å²) in [5.41, 5.74) is 2.29. The second-order valence-electron chi connectivity index (χ2n) is 15.8. The minimum atomic E-state index is -1.87. The molecule has 0 bridgehead atoms. The Bertz CT molecular complexity index is 2530. The summed E-state index contributed by atoms with van der Waals surface area (Å²) in [6, 6.07) is 38.3. The van der Waals surface area contributed by atoms with Crippen LogP contribution in [0.3, 0.4) is 0 Å². The molecule has 66 heavy (non-hydrogen) atoms.